The first-order valence-electron chi connectivity index (χ1n) is 11.9. The van der Waals surface area contributed by atoms with Crippen molar-refractivity contribution in [1.82, 2.24) is 21.3 Å². The average Bonchev–Trinajstić information content (AvgIpc) is 2.77. The van der Waals surface area contributed by atoms with E-state index in [2.05, 4.69) is 21.3 Å². The second-order valence-electron chi connectivity index (χ2n) is 9.32. The van der Waals surface area contributed by atoms with Gasteiger partial charge in [-0.25, -0.2) is 0 Å². The molecule has 196 valence electrons. The van der Waals surface area contributed by atoms with Crippen LogP contribution in [0.2, 0.25) is 0 Å². The van der Waals surface area contributed by atoms with Gasteiger partial charge in [0, 0.05) is 0 Å². The van der Waals surface area contributed by atoms with Gasteiger partial charge in [0.15, 0.2) is 0 Å². The summed E-state index contributed by atoms with van der Waals surface area (Å²) >= 11 is 0. The maximum absolute atomic E-state index is 13.1. The molecule has 0 bridgehead atoms. The molecular weight excluding hydrogens is 442 g/mol. The van der Waals surface area contributed by atoms with Gasteiger partial charge in [-0.2, -0.15) is 0 Å². The van der Waals surface area contributed by atoms with Crippen molar-refractivity contribution in [1.29, 1.82) is 0 Å². The summed E-state index contributed by atoms with van der Waals surface area (Å²) in [6.45, 7) is 12.1. The number of carbonyl (C=O) groups excluding carboxylic acids is 4. The smallest absolute Gasteiger partial charge is 0.325 e. The van der Waals surface area contributed by atoms with Crippen LogP contribution in [-0.2, 0) is 24.0 Å². The van der Waals surface area contributed by atoms with E-state index < -0.39 is 60.3 Å². The number of carboxylic acid groups (broad SMARTS) is 1. The minimum Gasteiger partial charge on any atom is -0.480 e. The fourth-order valence-electron chi connectivity index (χ4n) is 3.15. The molecule has 11 heteroatoms. The highest BCUT2D eigenvalue weighted by atomic mass is 16.4. The van der Waals surface area contributed by atoms with Crippen LogP contribution in [0.15, 0.2) is 0 Å². The Morgan fingerprint density at radius 3 is 1.68 bits per heavy atom. The van der Waals surface area contributed by atoms with Gasteiger partial charge >= 0.3 is 5.97 Å². The largest absolute Gasteiger partial charge is 0.480 e. The highest BCUT2D eigenvalue weighted by molar-refractivity contribution is 5.94. The molecule has 7 N–H and O–H groups in total. The van der Waals surface area contributed by atoms with Crippen LogP contribution >= 0.6 is 0 Å². The van der Waals surface area contributed by atoms with Gasteiger partial charge in [-0.3, -0.25) is 24.0 Å². The van der Waals surface area contributed by atoms with Crippen molar-refractivity contribution >= 4 is 29.6 Å². The van der Waals surface area contributed by atoms with E-state index in [9.17, 15) is 24.0 Å². The van der Waals surface area contributed by atoms with Crippen LogP contribution in [0.25, 0.3) is 0 Å². The van der Waals surface area contributed by atoms with Crippen molar-refractivity contribution in [2.24, 2.45) is 23.5 Å². The minimum atomic E-state index is -1.20. The SMILES string of the molecule is CCC(C)C(NC(=O)C(N)CC(C)C)C(=O)NC(C(=O)NCC(=O)NC(C)C(=O)O)C(C)CC. The molecule has 6 atom stereocenters. The summed E-state index contributed by atoms with van der Waals surface area (Å²) < 4.78 is 0. The molecule has 0 aliphatic carbocycles. The second-order valence-corrected chi connectivity index (χ2v) is 9.32. The Balaban J connectivity index is 5.35. The van der Waals surface area contributed by atoms with E-state index >= 15 is 0 Å². The molecule has 0 aromatic rings. The molecule has 6 unspecified atom stereocenters. The van der Waals surface area contributed by atoms with Crippen molar-refractivity contribution in [3.63, 3.8) is 0 Å². The maximum Gasteiger partial charge on any atom is 0.325 e. The molecule has 0 saturated carbocycles. The lowest BCUT2D eigenvalue weighted by Crippen LogP contribution is -2.59. The topological polar surface area (TPSA) is 180 Å². The molecule has 0 radical (unpaired) electrons. The van der Waals surface area contributed by atoms with E-state index in [-0.39, 0.29) is 17.8 Å². The molecule has 0 aliphatic rings. The molecule has 34 heavy (non-hydrogen) atoms. The highest BCUT2D eigenvalue weighted by Gasteiger charge is 2.33. The van der Waals surface area contributed by atoms with Crippen LogP contribution in [0.4, 0.5) is 0 Å². The molecule has 0 aromatic carbocycles. The number of aliphatic carboxylic acids is 1. The van der Waals surface area contributed by atoms with Crippen molar-refractivity contribution in [2.45, 2.75) is 91.9 Å². The fourth-order valence-corrected chi connectivity index (χ4v) is 3.15. The first kappa shape index (κ1) is 31.3. The predicted octanol–water partition coefficient (Wildman–Crippen LogP) is 0.127. The molecular formula is C23H43N5O6. The van der Waals surface area contributed by atoms with E-state index in [1.54, 1.807) is 6.92 Å². The normalized spacial score (nSPS) is 16.4. The number of carbonyl (C=O) groups is 5. The summed E-state index contributed by atoms with van der Waals surface area (Å²) in [4.78, 5) is 61.2. The van der Waals surface area contributed by atoms with Crippen molar-refractivity contribution in [3.05, 3.63) is 0 Å². The minimum absolute atomic E-state index is 0.209. The lowest BCUT2D eigenvalue weighted by Gasteiger charge is -2.29. The number of hydrogen-bond donors (Lipinski definition) is 6. The zero-order valence-corrected chi connectivity index (χ0v) is 21.4. The quantitative estimate of drug-likeness (QED) is 0.191. The van der Waals surface area contributed by atoms with Gasteiger partial charge in [-0.05, 0) is 31.1 Å². The third-order valence-electron chi connectivity index (χ3n) is 5.82. The average molecular weight is 486 g/mol. The Labute approximate surface area is 202 Å². The number of rotatable bonds is 15. The van der Waals surface area contributed by atoms with Crippen LogP contribution in [0.1, 0.15) is 67.7 Å². The third kappa shape index (κ3) is 11.0. The summed E-state index contributed by atoms with van der Waals surface area (Å²) in [6.07, 6.45) is 1.65. The summed E-state index contributed by atoms with van der Waals surface area (Å²) in [5.74, 6) is -3.64. The lowest BCUT2D eigenvalue weighted by atomic mass is 9.94. The Hall–Kier alpha value is -2.69. The summed E-state index contributed by atoms with van der Waals surface area (Å²) in [6, 6.07) is -3.68. The lowest BCUT2D eigenvalue weighted by molar-refractivity contribution is -0.141. The zero-order chi connectivity index (χ0) is 26.6. The Morgan fingerprint density at radius 1 is 0.765 bits per heavy atom. The number of nitrogens with one attached hydrogen (secondary N) is 4. The van der Waals surface area contributed by atoms with Crippen molar-refractivity contribution < 1.29 is 29.1 Å². The molecule has 0 rings (SSSR count). The molecule has 0 fully saturated rings. The van der Waals surface area contributed by atoms with Gasteiger partial charge in [0.25, 0.3) is 0 Å². The Kier molecular flexibility index (Phi) is 14.1. The molecule has 0 aromatic heterocycles. The van der Waals surface area contributed by atoms with E-state index in [4.69, 9.17) is 10.8 Å². The van der Waals surface area contributed by atoms with E-state index in [0.717, 1.165) is 0 Å². The van der Waals surface area contributed by atoms with Gasteiger partial charge in [0.2, 0.25) is 23.6 Å². The van der Waals surface area contributed by atoms with Gasteiger partial charge in [0.1, 0.15) is 18.1 Å². The molecule has 0 saturated heterocycles. The third-order valence-corrected chi connectivity index (χ3v) is 5.82. The number of amides is 4. The fraction of sp³-hybridized carbons (Fsp3) is 0.783. The summed E-state index contributed by atoms with van der Waals surface area (Å²) in [5, 5.41) is 19.0. The Bertz CT molecular complexity index is 714. The van der Waals surface area contributed by atoms with E-state index in [1.807, 2.05) is 34.6 Å². The van der Waals surface area contributed by atoms with Crippen LogP contribution in [0, 0.1) is 17.8 Å². The van der Waals surface area contributed by atoms with Gasteiger partial charge in [-0.1, -0.05) is 54.4 Å². The first-order valence-corrected chi connectivity index (χ1v) is 11.9. The zero-order valence-electron chi connectivity index (χ0n) is 21.4. The van der Waals surface area contributed by atoms with Crippen LogP contribution in [-0.4, -0.2) is 65.4 Å². The molecule has 11 nitrogen and oxygen atoms in total. The molecule has 0 spiro atoms. The van der Waals surface area contributed by atoms with Crippen LogP contribution in [0.3, 0.4) is 0 Å². The summed E-state index contributed by atoms with van der Waals surface area (Å²) in [7, 11) is 0. The van der Waals surface area contributed by atoms with E-state index in [1.165, 1.54) is 6.92 Å². The number of hydrogen-bond acceptors (Lipinski definition) is 6. The first-order chi connectivity index (χ1) is 15.7. The van der Waals surface area contributed by atoms with Gasteiger partial charge in [0.05, 0.1) is 12.6 Å². The molecule has 0 heterocycles. The monoisotopic (exact) mass is 485 g/mol. The maximum atomic E-state index is 13.1. The van der Waals surface area contributed by atoms with Crippen molar-refractivity contribution in [3.8, 4) is 0 Å². The van der Waals surface area contributed by atoms with Crippen LogP contribution in [0.5, 0.6) is 0 Å². The van der Waals surface area contributed by atoms with E-state index in [0.29, 0.717) is 19.3 Å². The molecule has 0 aliphatic heterocycles. The number of carboxylic acids is 1. The van der Waals surface area contributed by atoms with Crippen molar-refractivity contribution in [2.75, 3.05) is 6.54 Å². The predicted molar refractivity (Wildman–Crippen MR) is 128 cm³/mol. The Morgan fingerprint density at radius 2 is 1.24 bits per heavy atom. The standard InChI is InChI=1S/C23H43N5O6/c1-8-13(5)18(21(31)25-11-17(29)26-15(7)23(33)34)28-22(32)19(14(6)9-2)27-20(30)16(24)10-12(3)4/h12-16,18-19H,8-11,24H2,1-7H3,(H,25,31)(H,26,29)(H,27,30)(H,28,32)(H,33,34). The van der Waals surface area contributed by atoms with Crippen LogP contribution < -0.4 is 27.0 Å². The van der Waals surface area contributed by atoms with Gasteiger partial charge < -0.3 is 32.1 Å². The second kappa shape index (κ2) is 15.3. The van der Waals surface area contributed by atoms with Gasteiger partial charge in [-0.15, -0.1) is 0 Å². The summed E-state index contributed by atoms with van der Waals surface area (Å²) in [5.41, 5.74) is 5.97. The number of nitrogens with two attached hydrogens (primary N) is 1. The molecule has 4 amide bonds. The highest BCUT2D eigenvalue weighted by Crippen LogP contribution is 2.13.